The molecule has 0 fully saturated rings. The molecule has 0 unspecified atom stereocenters. The van der Waals surface area contributed by atoms with E-state index in [0.29, 0.717) is 11.1 Å². The van der Waals surface area contributed by atoms with Crippen LogP contribution in [0.4, 0.5) is 0 Å². The largest absolute Gasteiger partial charge is 0.507 e. The van der Waals surface area contributed by atoms with Gasteiger partial charge in [0, 0.05) is 11.1 Å². The van der Waals surface area contributed by atoms with Gasteiger partial charge < -0.3 is 5.11 Å². The first kappa shape index (κ1) is 26.7. The Bertz CT molecular complexity index is 1450. The van der Waals surface area contributed by atoms with Crippen LogP contribution in [0, 0.1) is 0 Å². The van der Waals surface area contributed by atoms with Crippen molar-refractivity contribution < 1.29 is 13.5 Å². The van der Waals surface area contributed by atoms with Crippen molar-refractivity contribution in [1.29, 1.82) is 0 Å². The number of phenols is 1. The molecule has 0 saturated heterocycles. The van der Waals surface area contributed by atoms with Crippen LogP contribution in [0.1, 0.15) is 58.2 Å². The molecule has 4 rings (SSSR count). The molecule has 0 aliphatic heterocycles. The molecule has 0 bridgehead atoms. The summed E-state index contributed by atoms with van der Waals surface area (Å²) in [5, 5.41) is 11.0. The van der Waals surface area contributed by atoms with E-state index in [-0.39, 0.29) is 16.4 Å². The van der Waals surface area contributed by atoms with Gasteiger partial charge in [0.1, 0.15) is 5.75 Å². The molecule has 0 spiro atoms. The quantitative estimate of drug-likeness (QED) is 0.293. The minimum Gasteiger partial charge on any atom is -0.507 e. The fraction of sp³-hybridized carbons (Fsp3) is 0.273. The second-order valence-corrected chi connectivity index (χ2v) is 13.8. The lowest BCUT2D eigenvalue weighted by Crippen LogP contribution is -2.19. The van der Waals surface area contributed by atoms with E-state index in [4.69, 9.17) is 0 Å². The Kier molecular flexibility index (Phi) is 7.09. The van der Waals surface area contributed by atoms with Gasteiger partial charge in [-0.05, 0) is 50.8 Å². The standard InChI is InChI=1S/C33H36O3S/c1-32(2,3)29-20-28(21-30(31(29)34)33(4,5)6)37(35,36)22-23-12-14-25(15-13-23)27-18-16-26(17-19-27)24-10-8-7-9-11-24/h7-21,34H,22H2,1-6H3. The molecular formula is C33H36O3S. The normalized spacial score (nSPS) is 12.5. The summed E-state index contributed by atoms with van der Waals surface area (Å²) in [5.41, 5.74) is 5.68. The molecule has 0 amide bonds. The van der Waals surface area contributed by atoms with Crippen LogP contribution >= 0.6 is 0 Å². The first-order valence-electron chi connectivity index (χ1n) is 12.6. The molecule has 192 valence electrons. The highest BCUT2D eigenvalue weighted by Crippen LogP contribution is 2.41. The van der Waals surface area contributed by atoms with Gasteiger partial charge in [-0.2, -0.15) is 0 Å². The van der Waals surface area contributed by atoms with E-state index in [1.165, 1.54) is 5.56 Å². The van der Waals surface area contributed by atoms with Gasteiger partial charge >= 0.3 is 0 Å². The van der Waals surface area contributed by atoms with Gasteiger partial charge in [-0.3, -0.25) is 0 Å². The summed E-state index contributed by atoms with van der Waals surface area (Å²) in [6, 6.07) is 29.6. The molecule has 4 heteroatoms. The maximum Gasteiger partial charge on any atom is 0.182 e. The van der Waals surface area contributed by atoms with Gasteiger partial charge in [-0.15, -0.1) is 0 Å². The average molecular weight is 513 g/mol. The van der Waals surface area contributed by atoms with Crippen molar-refractivity contribution in [3.8, 4) is 28.0 Å². The van der Waals surface area contributed by atoms with Crippen LogP contribution in [0.25, 0.3) is 22.3 Å². The summed E-state index contributed by atoms with van der Waals surface area (Å²) in [6.07, 6.45) is 0. The fourth-order valence-electron chi connectivity index (χ4n) is 4.51. The van der Waals surface area contributed by atoms with Crippen LogP contribution in [0.5, 0.6) is 5.75 Å². The molecule has 4 aromatic carbocycles. The molecular weight excluding hydrogens is 476 g/mol. The van der Waals surface area contributed by atoms with E-state index in [0.717, 1.165) is 22.3 Å². The van der Waals surface area contributed by atoms with Gasteiger partial charge in [-0.1, -0.05) is 120 Å². The van der Waals surface area contributed by atoms with Crippen LogP contribution < -0.4 is 0 Å². The lowest BCUT2D eigenvalue weighted by Gasteiger charge is -2.28. The summed E-state index contributed by atoms with van der Waals surface area (Å²) in [7, 11) is -3.62. The number of phenolic OH excluding ortho intramolecular Hbond substituents is 1. The van der Waals surface area contributed by atoms with Gasteiger partial charge in [0.2, 0.25) is 0 Å². The van der Waals surface area contributed by atoms with Crippen molar-refractivity contribution in [1.82, 2.24) is 0 Å². The predicted octanol–water partition coefficient (Wildman–Crippen LogP) is 8.30. The Morgan fingerprint density at radius 1 is 0.595 bits per heavy atom. The highest BCUT2D eigenvalue weighted by Gasteiger charge is 2.29. The van der Waals surface area contributed by atoms with Crippen molar-refractivity contribution in [2.75, 3.05) is 0 Å². The van der Waals surface area contributed by atoms with Crippen LogP contribution in [0.15, 0.2) is 95.9 Å². The Hall–Kier alpha value is -3.37. The molecule has 0 radical (unpaired) electrons. The molecule has 4 aromatic rings. The number of hydrogen-bond donors (Lipinski definition) is 1. The van der Waals surface area contributed by atoms with E-state index < -0.39 is 20.7 Å². The van der Waals surface area contributed by atoms with E-state index in [2.05, 4.69) is 36.4 Å². The number of benzene rings is 4. The van der Waals surface area contributed by atoms with Crippen LogP contribution in [0.2, 0.25) is 0 Å². The van der Waals surface area contributed by atoms with Crippen molar-refractivity contribution in [2.24, 2.45) is 0 Å². The third-order valence-corrected chi connectivity index (χ3v) is 8.36. The van der Waals surface area contributed by atoms with E-state index in [1.54, 1.807) is 12.1 Å². The molecule has 0 atom stereocenters. The van der Waals surface area contributed by atoms with Gasteiger partial charge in [-0.25, -0.2) is 8.42 Å². The Labute approximate surface area is 221 Å². The van der Waals surface area contributed by atoms with Gasteiger partial charge in [0.05, 0.1) is 10.6 Å². The second kappa shape index (κ2) is 9.83. The topological polar surface area (TPSA) is 54.4 Å². The summed E-state index contributed by atoms with van der Waals surface area (Å²) >= 11 is 0. The Morgan fingerprint density at radius 2 is 0.973 bits per heavy atom. The van der Waals surface area contributed by atoms with Crippen molar-refractivity contribution in [3.63, 3.8) is 0 Å². The maximum atomic E-state index is 13.5. The summed E-state index contributed by atoms with van der Waals surface area (Å²) in [6.45, 7) is 11.9. The molecule has 0 aromatic heterocycles. The van der Waals surface area contributed by atoms with E-state index >= 15 is 0 Å². The van der Waals surface area contributed by atoms with E-state index in [9.17, 15) is 13.5 Å². The van der Waals surface area contributed by atoms with Crippen LogP contribution in [-0.2, 0) is 26.4 Å². The highest BCUT2D eigenvalue weighted by atomic mass is 32.2. The molecule has 3 nitrogen and oxygen atoms in total. The minimum absolute atomic E-state index is 0.0990. The first-order chi connectivity index (χ1) is 17.3. The molecule has 0 aliphatic rings. The minimum atomic E-state index is -3.62. The molecule has 0 aliphatic carbocycles. The SMILES string of the molecule is CC(C)(C)c1cc(S(=O)(=O)Cc2ccc(-c3ccc(-c4ccccc4)cc3)cc2)cc(C(C)(C)C)c1O. The predicted molar refractivity (Wildman–Crippen MR) is 154 cm³/mol. The Balaban J connectivity index is 1.60. The summed E-state index contributed by atoms with van der Waals surface area (Å²) in [4.78, 5) is 0.251. The van der Waals surface area contributed by atoms with Crippen LogP contribution in [0.3, 0.4) is 0 Å². The number of rotatable bonds is 5. The second-order valence-electron chi connectivity index (χ2n) is 11.8. The van der Waals surface area contributed by atoms with E-state index in [1.807, 2.05) is 84.0 Å². The molecule has 0 saturated carbocycles. The number of hydrogen-bond acceptors (Lipinski definition) is 3. The zero-order chi connectivity index (χ0) is 27.0. The highest BCUT2D eigenvalue weighted by molar-refractivity contribution is 7.90. The zero-order valence-electron chi connectivity index (χ0n) is 22.5. The molecule has 1 N–H and O–H groups in total. The van der Waals surface area contributed by atoms with Gasteiger partial charge in [0.15, 0.2) is 9.84 Å². The monoisotopic (exact) mass is 512 g/mol. The van der Waals surface area contributed by atoms with Gasteiger partial charge in [0.25, 0.3) is 0 Å². The number of aromatic hydroxyl groups is 1. The first-order valence-corrected chi connectivity index (χ1v) is 14.3. The third-order valence-electron chi connectivity index (χ3n) is 6.69. The van der Waals surface area contributed by atoms with Crippen molar-refractivity contribution >= 4 is 9.84 Å². The zero-order valence-corrected chi connectivity index (χ0v) is 23.4. The third kappa shape index (κ3) is 5.97. The van der Waals surface area contributed by atoms with Crippen molar-refractivity contribution in [3.05, 3.63) is 108 Å². The Morgan fingerprint density at radius 3 is 1.38 bits per heavy atom. The summed E-state index contributed by atoms with van der Waals surface area (Å²) < 4.78 is 27.0. The number of sulfone groups is 1. The molecule has 37 heavy (non-hydrogen) atoms. The fourth-order valence-corrected chi connectivity index (χ4v) is 5.91. The summed E-state index contributed by atoms with van der Waals surface area (Å²) in [5.74, 6) is 0.0830. The van der Waals surface area contributed by atoms with Crippen molar-refractivity contribution in [2.45, 2.75) is 63.0 Å². The maximum absolute atomic E-state index is 13.5. The molecule has 0 heterocycles. The lowest BCUT2D eigenvalue weighted by atomic mass is 9.79. The lowest BCUT2D eigenvalue weighted by molar-refractivity contribution is 0.422. The average Bonchev–Trinajstić information content (AvgIpc) is 2.83. The van der Waals surface area contributed by atoms with Crippen LogP contribution in [-0.4, -0.2) is 13.5 Å². The smallest absolute Gasteiger partial charge is 0.182 e.